The van der Waals surface area contributed by atoms with E-state index >= 15 is 0 Å². The average molecular weight is 653 g/mol. The zero-order chi connectivity index (χ0) is 31.3. The predicted molar refractivity (Wildman–Crippen MR) is 177 cm³/mol. The van der Waals surface area contributed by atoms with E-state index in [9.17, 15) is 18.0 Å². The Bertz CT molecular complexity index is 1660. The molecule has 2 aliphatic heterocycles. The van der Waals surface area contributed by atoms with E-state index in [2.05, 4.69) is 6.92 Å². The standard InChI is InChI=1S/C32H36N4O5S3/c1-3-5-9-17-35-30(37)28(43-32(35)42)21-25-22-36(26-12-7-6-8-13-26)33-29(25)24-11-10-14-27(20-24)44(39,40)34-18-15-23(16-19-34)31(38)41-4-2/h6-8,10-14,20-23H,3-5,9,15-19H2,1-2H3. The number of amides is 1. The number of esters is 1. The number of aromatic nitrogens is 2. The highest BCUT2D eigenvalue weighted by atomic mass is 32.2. The summed E-state index contributed by atoms with van der Waals surface area (Å²) in [5.41, 5.74) is 2.65. The van der Waals surface area contributed by atoms with Crippen LogP contribution in [0.25, 0.3) is 23.0 Å². The highest BCUT2D eigenvalue weighted by Gasteiger charge is 2.34. The Kier molecular flexibility index (Phi) is 10.3. The first-order chi connectivity index (χ1) is 21.2. The van der Waals surface area contributed by atoms with Gasteiger partial charge in [0.1, 0.15) is 10.0 Å². The lowest BCUT2D eigenvalue weighted by Crippen LogP contribution is -2.40. The van der Waals surface area contributed by atoms with E-state index in [1.165, 1.54) is 16.1 Å². The van der Waals surface area contributed by atoms with Crippen molar-refractivity contribution in [3.05, 3.63) is 71.3 Å². The quantitative estimate of drug-likeness (QED) is 0.109. The van der Waals surface area contributed by atoms with E-state index in [4.69, 9.17) is 22.1 Å². The molecule has 0 saturated carbocycles. The molecule has 44 heavy (non-hydrogen) atoms. The van der Waals surface area contributed by atoms with Crippen molar-refractivity contribution in [3.8, 4) is 16.9 Å². The number of hydrogen-bond donors (Lipinski definition) is 0. The lowest BCUT2D eigenvalue weighted by Gasteiger charge is -2.30. The van der Waals surface area contributed by atoms with Gasteiger partial charge in [0.2, 0.25) is 10.0 Å². The number of benzene rings is 2. The molecule has 0 N–H and O–H groups in total. The third-order valence-electron chi connectivity index (χ3n) is 7.73. The van der Waals surface area contributed by atoms with Crippen LogP contribution in [0.3, 0.4) is 0 Å². The lowest BCUT2D eigenvalue weighted by molar-refractivity contribution is -0.149. The van der Waals surface area contributed by atoms with Crippen molar-refractivity contribution >= 4 is 56.3 Å². The number of nitrogens with zero attached hydrogens (tertiary/aromatic N) is 4. The normalized spacial score (nSPS) is 17.5. The maximum absolute atomic E-state index is 13.7. The summed E-state index contributed by atoms with van der Waals surface area (Å²) in [6.07, 6.45) is 7.42. The van der Waals surface area contributed by atoms with Crippen LogP contribution in [0.4, 0.5) is 0 Å². The molecule has 0 bridgehead atoms. The van der Waals surface area contributed by atoms with Gasteiger partial charge >= 0.3 is 5.97 Å². The first kappa shape index (κ1) is 32.1. The Hall–Kier alpha value is -3.32. The van der Waals surface area contributed by atoms with Gasteiger partial charge in [-0.25, -0.2) is 13.1 Å². The van der Waals surface area contributed by atoms with Gasteiger partial charge in [-0.05, 0) is 56.5 Å². The van der Waals surface area contributed by atoms with Gasteiger partial charge in [-0.2, -0.15) is 9.40 Å². The first-order valence-electron chi connectivity index (χ1n) is 14.9. The molecule has 2 aromatic carbocycles. The van der Waals surface area contributed by atoms with E-state index in [0.717, 1.165) is 24.9 Å². The topological polar surface area (TPSA) is 102 Å². The van der Waals surface area contributed by atoms with Crippen molar-refractivity contribution < 1.29 is 22.7 Å². The molecule has 9 nitrogen and oxygen atoms in total. The number of thioether (sulfide) groups is 1. The second-order valence-electron chi connectivity index (χ2n) is 10.7. The highest BCUT2D eigenvalue weighted by Crippen LogP contribution is 2.36. The molecule has 0 unspecified atom stereocenters. The summed E-state index contributed by atoms with van der Waals surface area (Å²) in [6.45, 7) is 5.25. The van der Waals surface area contributed by atoms with Gasteiger partial charge in [0.05, 0.1) is 28.0 Å². The second kappa shape index (κ2) is 14.2. The summed E-state index contributed by atoms with van der Waals surface area (Å²) in [5, 5.41) is 4.84. The minimum atomic E-state index is -3.82. The van der Waals surface area contributed by atoms with Crippen LogP contribution in [0.5, 0.6) is 0 Å². The van der Waals surface area contributed by atoms with Crippen molar-refractivity contribution in [2.45, 2.75) is 50.8 Å². The van der Waals surface area contributed by atoms with Crippen molar-refractivity contribution in [2.75, 3.05) is 26.2 Å². The first-order valence-corrected chi connectivity index (χ1v) is 17.6. The average Bonchev–Trinajstić information content (AvgIpc) is 3.58. The maximum Gasteiger partial charge on any atom is 0.309 e. The highest BCUT2D eigenvalue weighted by molar-refractivity contribution is 8.26. The molecule has 2 saturated heterocycles. The molecule has 0 atom stereocenters. The summed E-state index contributed by atoms with van der Waals surface area (Å²) in [4.78, 5) is 27.8. The van der Waals surface area contributed by atoms with Crippen molar-refractivity contribution in [1.82, 2.24) is 19.0 Å². The second-order valence-corrected chi connectivity index (χ2v) is 14.3. The molecule has 12 heteroatoms. The minimum Gasteiger partial charge on any atom is -0.466 e. The minimum absolute atomic E-state index is 0.128. The monoisotopic (exact) mass is 652 g/mol. The fourth-order valence-corrected chi connectivity index (χ4v) is 8.14. The Labute approximate surface area is 268 Å². The number of hydrogen-bond acceptors (Lipinski definition) is 8. The van der Waals surface area contributed by atoms with Crippen LogP contribution in [0.15, 0.2) is 70.6 Å². The number of thiocarbonyl (C=S) groups is 1. The number of carbonyl (C=O) groups excluding carboxylic acids is 2. The van der Waals surface area contributed by atoms with Crippen LogP contribution in [-0.2, 0) is 24.3 Å². The Morgan fingerprint density at radius 1 is 1.09 bits per heavy atom. The van der Waals surface area contributed by atoms with Gasteiger partial charge in [0.25, 0.3) is 5.91 Å². The lowest BCUT2D eigenvalue weighted by atomic mass is 9.98. The van der Waals surface area contributed by atoms with Gasteiger partial charge in [-0.1, -0.05) is 74.1 Å². The predicted octanol–water partition coefficient (Wildman–Crippen LogP) is 5.89. The molecular weight excluding hydrogens is 617 g/mol. The zero-order valence-electron chi connectivity index (χ0n) is 24.8. The molecule has 3 aromatic rings. The molecule has 1 aromatic heterocycles. The fourth-order valence-electron chi connectivity index (χ4n) is 5.33. The van der Waals surface area contributed by atoms with Crippen molar-refractivity contribution in [3.63, 3.8) is 0 Å². The summed E-state index contributed by atoms with van der Waals surface area (Å²) >= 11 is 6.80. The molecular formula is C32H36N4O5S3. The number of carbonyl (C=O) groups is 2. The number of ether oxygens (including phenoxy) is 1. The van der Waals surface area contributed by atoms with Crippen LogP contribution in [0.1, 0.15) is 51.5 Å². The Balaban J connectivity index is 1.46. The Morgan fingerprint density at radius 3 is 2.55 bits per heavy atom. The molecule has 2 fully saturated rings. The fraction of sp³-hybridized carbons (Fsp3) is 0.375. The number of rotatable bonds is 11. The molecule has 3 heterocycles. The summed E-state index contributed by atoms with van der Waals surface area (Å²) in [5.74, 6) is -0.695. The molecule has 232 valence electrons. The van der Waals surface area contributed by atoms with Crippen LogP contribution in [0, 0.1) is 5.92 Å². The van der Waals surface area contributed by atoms with Gasteiger partial charge in [-0.15, -0.1) is 0 Å². The summed E-state index contributed by atoms with van der Waals surface area (Å²) < 4.78 is 36.2. The molecule has 0 radical (unpaired) electrons. The molecule has 0 spiro atoms. The number of sulfonamides is 1. The third kappa shape index (κ3) is 6.98. The SMILES string of the molecule is CCCCCN1C(=O)C(=Cc2cn(-c3ccccc3)nc2-c2cccc(S(=O)(=O)N3CCC(C(=O)OCC)CC3)c2)SC1=S. The van der Waals surface area contributed by atoms with Crippen LogP contribution >= 0.6 is 24.0 Å². The Morgan fingerprint density at radius 2 is 1.84 bits per heavy atom. The summed E-state index contributed by atoms with van der Waals surface area (Å²) in [6, 6.07) is 16.3. The van der Waals surface area contributed by atoms with E-state index in [-0.39, 0.29) is 35.8 Å². The zero-order valence-corrected chi connectivity index (χ0v) is 27.3. The van der Waals surface area contributed by atoms with Crippen LogP contribution in [-0.4, -0.2) is 69.8 Å². The smallest absolute Gasteiger partial charge is 0.309 e. The molecule has 1 amide bonds. The summed E-state index contributed by atoms with van der Waals surface area (Å²) in [7, 11) is -3.82. The van der Waals surface area contributed by atoms with E-state index < -0.39 is 10.0 Å². The third-order valence-corrected chi connectivity index (χ3v) is 11.0. The molecule has 5 rings (SSSR count). The van der Waals surface area contributed by atoms with E-state index in [1.807, 2.05) is 42.6 Å². The number of unbranched alkanes of at least 4 members (excludes halogenated alkanes) is 2. The molecule has 0 aliphatic carbocycles. The molecule has 2 aliphatic rings. The van der Waals surface area contributed by atoms with Gasteiger partial charge < -0.3 is 4.74 Å². The van der Waals surface area contributed by atoms with Gasteiger partial charge in [0, 0.05) is 37.0 Å². The van der Waals surface area contributed by atoms with Crippen LogP contribution < -0.4 is 0 Å². The van der Waals surface area contributed by atoms with Crippen molar-refractivity contribution in [1.29, 1.82) is 0 Å². The van der Waals surface area contributed by atoms with E-state index in [0.29, 0.717) is 52.0 Å². The maximum atomic E-state index is 13.7. The number of para-hydroxylation sites is 1. The number of piperidine rings is 1. The largest absolute Gasteiger partial charge is 0.466 e. The van der Waals surface area contributed by atoms with Crippen LogP contribution in [0.2, 0.25) is 0 Å². The van der Waals surface area contributed by atoms with Crippen molar-refractivity contribution in [2.24, 2.45) is 5.92 Å². The van der Waals surface area contributed by atoms with Gasteiger partial charge in [0.15, 0.2) is 0 Å². The van der Waals surface area contributed by atoms with Gasteiger partial charge in [-0.3, -0.25) is 14.5 Å². The van der Waals surface area contributed by atoms with E-state index in [1.54, 1.807) is 40.8 Å².